The Balaban J connectivity index is 1.56. The second kappa shape index (κ2) is 7.37. The number of carboxylic acids is 1. The minimum absolute atomic E-state index is 0.199. The number of benzene rings is 3. The summed E-state index contributed by atoms with van der Waals surface area (Å²) in [6.45, 7) is 0. The molecule has 0 spiro atoms. The summed E-state index contributed by atoms with van der Waals surface area (Å²) in [6.07, 6.45) is 0.381. The van der Waals surface area contributed by atoms with Crippen molar-refractivity contribution in [2.45, 2.75) is 28.3 Å². The van der Waals surface area contributed by atoms with E-state index in [4.69, 9.17) is 0 Å². The summed E-state index contributed by atoms with van der Waals surface area (Å²) in [5.74, 6) is -0.913. The largest absolute Gasteiger partial charge is 0.480 e. The lowest BCUT2D eigenvalue weighted by atomic mass is 9.90. The highest BCUT2D eigenvalue weighted by molar-refractivity contribution is 7.91. The Labute approximate surface area is 179 Å². The van der Waals surface area contributed by atoms with Gasteiger partial charge in [0, 0.05) is 23.0 Å². The van der Waals surface area contributed by atoms with Crippen LogP contribution in [0.1, 0.15) is 22.9 Å². The first kappa shape index (κ1) is 19.5. The molecule has 31 heavy (non-hydrogen) atoms. The first-order valence-corrected chi connectivity index (χ1v) is 11.4. The minimum Gasteiger partial charge on any atom is -0.480 e. The van der Waals surface area contributed by atoms with Crippen LogP contribution in [0.2, 0.25) is 0 Å². The number of H-pyrrole nitrogens is 1. The van der Waals surface area contributed by atoms with Gasteiger partial charge in [-0.1, -0.05) is 48.5 Å². The third kappa shape index (κ3) is 3.32. The van der Waals surface area contributed by atoms with E-state index in [2.05, 4.69) is 10.3 Å². The van der Waals surface area contributed by atoms with Gasteiger partial charge in [0.25, 0.3) is 0 Å². The van der Waals surface area contributed by atoms with E-state index in [1.165, 1.54) is 0 Å². The fourth-order valence-corrected chi connectivity index (χ4v) is 5.51. The van der Waals surface area contributed by atoms with E-state index in [1.54, 1.807) is 54.6 Å². The Hall–Kier alpha value is -3.42. The van der Waals surface area contributed by atoms with Gasteiger partial charge in [-0.25, -0.2) is 8.42 Å². The summed E-state index contributed by atoms with van der Waals surface area (Å²) in [6, 6.07) is 21.6. The second-order valence-electron chi connectivity index (χ2n) is 7.64. The van der Waals surface area contributed by atoms with Crippen molar-refractivity contribution in [2.24, 2.45) is 0 Å². The van der Waals surface area contributed by atoms with Crippen LogP contribution in [0.25, 0.3) is 10.9 Å². The van der Waals surface area contributed by atoms with Crippen LogP contribution in [-0.4, -0.2) is 30.5 Å². The zero-order chi connectivity index (χ0) is 21.6. The third-order valence-electron chi connectivity index (χ3n) is 5.79. The Bertz CT molecular complexity index is 1380. The fourth-order valence-electron chi connectivity index (χ4n) is 4.23. The number of nitrogens with one attached hydrogen (secondary N) is 2. The van der Waals surface area contributed by atoms with Crippen LogP contribution in [0.5, 0.6) is 0 Å². The van der Waals surface area contributed by atoms with Gasteiger partial charge in [0.1, 0.15) is 6.04 Å². The number of hydrogen-bond acceptors (Lipinski definition) is 4. The molecule has 3 N–H and O–H groups in total. The summed E-state index contributed by atoms with van der Waals surface area (Å²) < 4.78 is 25.8. The van der Waals surface area contributed by atoms with E-state index in [9.17, 15) is 18.3 Å². The summed E-state index contributed by atoms with van der Waals surface area (Å²) in [5, 5.41) is 13.9. The van der Waals surface area contributed by atoms with E-state index in [-0.39, 0.29) is 15.8 Å². The van der Waals surface area contributed by atoms with Crippen LogP contribution in [-0.2, 0) is 21.1 Å². The lowest BCUT2D eigenvalue weighted by Crippen LogP contribution is -2.44. The molecule has 4 aromatic rings. The molecular weight excluding hydrogens is 412 g/mol. The number of hydrogen-bond donors (Lipinski definition) is 3. The molecule has 0 saturated heterocycles. The van der Waals surface area contributed by atoms with E-state index in [1.807, 2.05) is 24.3 Å². The van der Waals surface area contributed by atoms with Gasteiger partial charge in [-0.2, -0.15) is 0 Å². The van der Waals surface area contributed by atoms with Gasteiger partial charge in [-0.15, -0.1) is 0 Å². The molecule has 1 aliphatic heterocycles. The maximum Gasteiger partial charge on any atom is 0.321 e. The topological polar surface area (TPSA) is 99.3 Å². The molecule has 2 atom stereocenters. The molecule has 0 radical (unpaired) electrons. The predicted octanol–water partition coefficient (Wildman–Crippen LogP) is 3.69. The number of sulfone groups is 1. The molecule has 0 saturated carbocycles. The molecule has 2 unspecified atom stereocenters. The Kier molecular flexibility index (Phi) is 4.64. The Morgan fingerprint density at radius 1 is 0.871 bits per heavy atom. The van der Waals surface area contributed by atoms with Gasteiger partial charge >= 0.3 is 5.97 Å². The van der Waals surface area contributed by atoms with Crippen LogP contribution in [0, 0.1) is 0 Å². The highest BCUT2D eigenvalue weighted by atomic mass is 32.2. The van der Waals surface area contributed by atoms with Gasteiger partial charge < -0.3 is 10.1 Å². The van der Waals surface area contributed by atoms with E-state index in [0.717, 1.165) is 27.7 Å². The predicted molar refractivity (Wildman–Crippen MR) is 117 cm³/mol. The molecule has 3 aromatic carbocycles. The Morgan fingerprint density at radius 2 is 1.52 bits per heavy atom. The highest BCUT2D eigenvalue weighted by Crippen LogP contribution is 2.35. The van der Waals surface area contributed by atoms with Gasteiger partial charge in [0.15, 0.2) is 0 Å². The number of aliphatic carboxylic acids is 1. The zero-order valence-electron chi connectivity index (χ0n) is 16.4. The molecule has 0 fully saturated rings. The summed E-state index contributed by atoms with van der Waals surface area (Å²) >= 11 is 0. The molecule has 1 aromatic heterocycles. The van der Waals surface area contributed by atoms with Crippen molar-refractivity contribution in [3.63, 3.8) is 0 Å². The molecule has 0 aliphatic carbocycles. The van der Waals surface area contributed by atoms with Gasteiger partial charge in [-0.3, -0.25) is 10.1 Å². The minimum atomic E-state index is -3.61. The maximum atomic E-state index is 12.9. The Morgan fingerprint density at radius 3 is 2.23 bits per heavy atom. The molecule has 5 rings (SSSR count). The van der Waals surface area contributed by atoms with Crippen molar-refractivity contribution in [3.05, 3.63) is 95.7 Å². The zero-order valence-corrected chi connectivity index (χ0v) is 17.3. The normalized spacial score (nSPS) is 18.6. The van der Waals surface area contributed by atoms with E-state index >= 15 is 0 Å². The molecule has 1 aliphatic rings. The summed E-state index contributed by atoms with van der Waals surface area (Å²) in [4.78, 5) is 15.6. The van der Waals surface area contributed by atoms with Crippen molar-refractivity contribution in [2.75, 3.05) is 0 Å². The smallest absolute Gasteiger partial charge is 0.321 e. The number of rotatable bonds is 4. The van der Waals surface area contributed by atoms with E-state index in [0.29, 0.717) is 6.42 Å². The van der Waals surface area contributed by atoms with Gasteiger partial charge in [0.2, 0.25) is 9.84 Å². The summed E-state index contributed by atoms with van der Waals surface area (Å²) in [7, 11) is -3.61. The van der Waals surface area contributed by atoms with Crippen LogP contribution in [0.15, 0.2) is 88.7 Å². The van der Waals surface area contributed by atoms with Gasteiger partial charge in [-0.05, 0) is 41.5 Å². The lowest BCUT2D eigenvalue weighted by molar-refractivity contribution is -0.139. The number of carbonyl (C=O) groups is 1. The van der Waals surface area contributed by atoms with Crippen molar-refractivity contribution in [3.8, 4) is 0 Å². The molecule has 0 bridgehead atoms. The molecule has 7 heteroatoms. The summed E-state index contributed by atoms with van der Waals surface area (Å²) in [5.41, 5.74) is 3.64. The fraction of sp³-hybridized carbons (Fsp3) is 0.125. The van der Waals surface area contributed by atoms with Crippen LogP contribution >= 0.6 is 0 Å². The van der Waals surface area contributed by atoms with Crippen molar-refractivity contribution in [1.29, 1.82) is 0 Å². The lowest BCUT2D eigenvalue weighted by Gasteiger charge is -2.29. The average Bonchev–Trinajstić information content (AvgIpc) is 3.18. The molecule has 2 heterocycles. The number of fused-ring (bicyclic) bond motifs is 3. The number of aromatic nitrogens is 1. The molecular formula is C24H20N2O4S. The van der Waals surface area contributed by atoms with Crippen molar-refractivity contribution in [1.82, 2.24) is 10.3 Å². The van der Waals surface area contributed by atoms with Crippen LogP contribution < -0.4 is 5.32 Å². The number of para-hydroxylation sites is 1. The van der Waals surface area contributed by atoms with Gasteiger partial charge in [0.05, 0.1) is 15.8 Å². The third-order valence-corrected chi connectivity index (χ3v) is 7.57. The first-order valence-electron chi connectivity index (χ1n) is 9.93. The monoisotopic (exact) mass is 432 g/mol. The average molecular weight is 433 g/mol. The molecule has 156 valence electrons. The van der Waals surface area contributed by atoms with Crippen LogP contribution in [0.3, 0.4) is 0 Å². The number of carboxylic acid groups (broad SMARTS) is 1. The molecule has 0 amide bonds. The second-order valence-corrected chi connectivity index (χ2v) is 9.59. The number of aromatic amines is 1. The molecule has 6 nitrogen and oxygen atoms in total. The van der Waals surface area contributed by atoms with E-state index < -0.39 is 21.8 Å². The highest BCUT2D eigenvalue weighted by Gasteiger charge is 2.34. The van der Waals surface area contributed by atoms with Crippen LogP contribution in [0.4, 0.5) is 0 Å². The van der Waals surface area contributed by atoms with Crippen molar-refractivity contribution >= 4 is 26.7 Å². The first-order chi connectivity index (χ1) is 14.9. The standard InChI is InChI=1S/C24H20N2O4S/c27-24(28)21-14-19-18-8-4-5-9-20(18)25-23(19)22(26-21)15-10-12-17(13-11-15)31(29,30)16-6-2-1-3-7-16/h1-13,21-22,25-26H,14H2,(H,27,28). The van der Waals surface area contributed by atoms with Crippen molar-refractivity contribution < 1.29 is 18.3 Å². The SMILES string of the molecule is O=C(O)C1Cc2c([nH]c3ccccc23)C(c2ccc(S(=O)(=O)c3ccccc3)cc2)N1. The quantitative estimate of drug-likeness (QED) is 0.457. The maximum absolute atomic E-state index is 12.9.